The Morgan fingerprint density at radius 3 is 2.32 bits per heavy atom. The Hall–Kier alpha value is -3.25. The molecule has 4 rings (SSSR count). The van der Waals surface area contributed by atoms with Crippen molar-refractivity contribution in [1.82, 2.24) is 0 Å². The Kier molecular flexibility index (Phi) is 4.79. The van der Waals surface area contributed by atoms with Crippen LogP contribution in [0, 0.1) is 5.82 Å². The third-order valence-corrected chi connectivity index (χ3v) is 4.79. The third-order valence-electron chi connectivity index (χ3n) is 4.26. The quantitative estimate of drug-likeness (QED) is 0.452. The van der Waals surface area contributed by atoms with Gasteiger partial charge in [0.1, 0.15) is 11.4 Å². The van der Waals surface area contributed by atoms with E-state index in [-0.39, 0.29) is 22.4 Å². The van der Waals surface area contributed by atoms with Gasteiger partial charge in [-0.05, 0) is 54.1 Å². The molecule has 0 saturated carbocycles. The van der Waals surface area contributed by atoms with Crippen molar-refractivity contribution in [2.24, 2.45) is 0 Å². The molecule has 1 N–H and O–H groups in total. The minimum absolute atomic E-state index is 0.0420. The minimum Gasteiger partial charge on any atom is -0.439 e. The molecule has 0 radical (unpaired) electrons. The normalized spacial score (nSPS) is 10.8. The molecule has 0 aliphatic rings. The van der Waals surface area contributed by atoms with Gasteiger partial charge in [0.2, 0.25) is 11.3 Å². The number of carbonyl (C=O) groups is 1. The fraction of sp³-hybridized carbons (Fsp3) is 0. The number of fused-ring (bicyclic) bond motifs is 1. The molecule has 1 amide bonds. The maximum atomic E-state index is 13.1. The van der Waals surface area contributed by atoms with E-state index in [9.17, 15) is 14.0 Å². The van der Waals surface area contributed by atoms with E-state index in [1.165, 1.54) is 24.3 Å². The Morgan fingerprint density at radius 1 is 0.929 bits per heavy atom. The molecule has 0 bridgehead atoms. The van der Waals surface area contributed by atoms with Crippen LogP contribution in [0.4, 0.5) is 10.3 Å². The molecule has 0 fully saturated rings. The minimum atomic E-state index is -0.503. The number of para-hydroxylation sites is 1. The highest BCUT2D eigenvalue weighted by atomic mass is 79.9. The Morgan fingerprint density at radius 2 is 1.61 bits per heavy atom. The van der Waals surface area contributed by atoms with Crippen molar-refractivity contribution in [3.63, 3.8) is 0 Å². The molecule has 1 aromatic heterocycles. The molecule has 3 aromatic carbocycles. The molecular weight excluding hydrogens is 425 g/mol. The van der Waals surface area contributed by atoms with Crippen LogP contribution >= 0.6 is 15.9 Å². The fourth-order valence-electron chi connectivity index (χ4n) is 2.89. The molecule has 0 aliphatic heterocycles. The molecule has 28 heavy (non-hydrogen) atoms. The highest BCUT2D eigenvalue weighted by molar-refractivity contribution is 9.10. The van der Waals surface area contributed by atoms with Crippen LogP contribution in [0.2, 0.25) is 0 Å². The van der Waals surface area contributed by atoms with Gasteiger partial charge in [-0.2, -0.15) is 0 Å². The first-order valence-corrected chi connectivity index (χ1v) is 9.21. The molecule has 0 unspecified atom stereocenters. The zero-order chi connectivity index (χ0) is 19.7. The van der Waals surface area contributed by atoms with Gasteiger partial charge in [-0.1, -0.05) is 40.2 Å². The van der Waals surface area contributed by atoms with Crippen LogP contribution in [0.15, 0.2) is 86.5 Å². The van der Waals surface area contributed by atoms with Crippen LogP contribution < -0.4 is 10.7 Å². The average Bonchev–Trinajstić information content (AvgIpc) is 2.70. The van der Waals surface area contributed by atoms with E-state index >= 15 is 0 Å². The van der Waals surface area contributed by atoms with Gasteiger partial charge in [-0.15, -0.1) is 0 Å². The Bertz CT molecular complexity index is 1230. The third kappa shape index (κ3) is 3.46. The van der Waals surface area contributed by atoms with Crippen LogP contribution in [0.25, 0.3) is 22.1 Å². The lowest BCUT2D eigenvalue weighted by atomic mass is 10.0. The second kappa shape index (κ2) is 7.40. The van der Waals surface area contributed by atoms with Crippen molar-refractivity contribution in [1.29, 1.82) is 0 Å². The Labute approximate surface area is 167 Å². The largest absolute Gasteiger partial charge is 0.439 e. The molecule has 4 nitrogen and oxygen atoms in total. The van der Waals surface area contributed by atoms with E-state index in [0.29, 0.717) is 16.5 Å². The lowest BCUT2D eigenvalue weighted by Gasteiger charge is -2.11. The van der Waals surface area contributed by atoms with Crippen LogP contribution in [0.3, 0.4) is 0 Å². The van der Waals surface area contributed by atoms with Gasteiger partial charge in [-0.3, -0.25) is 14.9 Å². The number of rotatable bonds is 3. The molecule has 0 atom stereocenters. The first kappa shape index (κ1) is 18.1. The van der Waals surface area contributed by atoms with E-state index in [1.54, 1.807) is 48.5 Å². The first-order chi connectivity index (χ1) is 13.5. The molecule has 138 valence electrons. The Balaban J connectivity index is 1.87. The highest BCUT2D eigenvalue weighted by Crippen LogP contribution is 2.30. The number of nitrogens with one attached hydrogen (secondary N) is 1. The maximum Gasteiger partial charge on any atom is 0.257 e. The zero-order valence-electron chi connectivity index (χ0n) is 14.4. The smallest absolute Gasteiger partial charge is 0.257 e. The van der Waals surface area contributed by atoms with E-state index in [4.69, 9.17) is 4.42 Å². The summed E-state index contributed by atoms with van der Waals surface area (Å²) in [6.45, 7) is 0. The lowest BCUT2D eigenvalue weighted by Crippen LogP contribution is -2.16. The second-order valence-electron chi connectivity index (χ2n) is 6.10. The number of anilines is 1. The fourth-order valence-corrected chi connectivity index (χ4v) is 3.15. The standard InChI is InChI=1S/C22H13BrFNO3/c23-15-9-5-13(6-10-15)19-20(26)17-3-1-2-4-18(17)28-22(19)25-21(27)14-7-11-16(24)12-8-14/h1-12H,(H,25,27). The van der Waals surface area contributed by atoms with E-state index in [0.717, 1.165) is 4.47 Å². The van der Waals surface area contributed by atoms with Crippen LogP contribution in [0.1, 0.15) is 10.4 Å². The summed E-state index contributed by atoms with van der Waals surface area (Å²) < 4.78 is 19.8. The van der Waals surface area contributed by atoms with E-state index < -0.39 is 11.7 Å². The van der Waals surface area contributed by atoms with Gasteiger partial charge < -0.3 is 4.42 Å². The summed E-state index contributed by atoms with van der Waals surface area (Å²) in [5.74, 6) is -0.901. The van der Waals surface area contributed by atoms with E-state index in [2.05, 4.69) is 21.2 Å². The predicted octanol–water partition coefficient (Wildman–Crippen LogP) is 5.61. The van der Waals surface area contributed by atoms with Gasteiger partial charge in [0.25, 0.3) is 5.91 Å². The van der Waals surface area contributed by atoms with Gasteiger partial charge >= 0.3 is 0 Å². The van der Waals surface area contributed by atoms with Gasteiger partial charge in [0, 0.05) is 10.0 Å². The molecule has 6 heteroatoms. The molecule has 0 saturated heterocycles. The molecule has 0 spiro atoms. The van der Waals surface area contributed by atoms with Gasteiger partial charge in [0.05, 0.1) is 10.9 Å². The second-order valence-corrected chi connectivity index (χ2v) is 7.02. The van der Waals surface area contributed by atoms with Crippen LogP contribution in [-0.2, 0) is 0 Å². The average molecular weight is 438 g/mol. The summed E-state index contributed by atoms with van der Waals surface area (Å²) in [5.41, 5.74) is 1.22. The maximum absolute atomic E-state index is 13.1. The molecule has 4 aromatic rings. The SMILES string of the molecule is O=C(Nc1oc2ccccc2c(=O)c1-c1ccc(Br)cc1)c1ccc(F)cc1. The summed E-state index contributed by atoms with van der Waals surface area (Å²) in [7, 11) is 0. The van der Waals surface area contributed by atoms with Crippen molar-refractivity contribution in [3.8, 4) is 11.1 Å². The van der Waals surface area contributed by atoms with Crippen molar-refractivity contribution in [2.75, 3.05) is 5.32 Å². The molecule has 1 heterocycles. The summed E-state index contributed by atoms with van der Waals surface area (Å²) in [6, 6.07) is 19.1. The van der Waals surface area contributed by atoms with Crippen molar-refractivity contribution in [2.45, 2.75) is 0 Å². The summed E-state index contributed by atoms with van der Waals surface area (Å²) in [6.07, 6.45) is 0. The predicted molar refractivity (Wildman–Crippen MR) is 110 cm³/mol. The monoisotopic (exact) mass is 437 g/mol. The van der Waals surface area contributed by atoms with Crippen molar-refractivity contribution >= 4 is 38.7 Å². The van der Waals surface area contributed by atoms with Crippen LogP contribution in [-0.4, -0.2) is 5.91 Å². The number of hydrogen-bond acceptors (Lipinski definition) is 3. The zero-order valence-corrected chi connectivity index (χ0v) is 16.0. The summed E-state index contributed by atoms with van der Waals surface area (Å²) in [4.78, 5) is 25.7. The topological polar surface area (TPSA) is 59.3 Å². The molecule has 0 aliphatic carbocycles. The highest BCUT2D eigenvalue weighted by Gasteiger charge is 2.19. The number of benzene rings is 3. The summed E-state index contributed by atoms with van der Waals surface area (Å²) in [5, 5.41) is 3.07. The van der Waals surface area contributed by atoms with Crippen molar-refractivity contribution < 1.29 is 13.6 Å². The van der Waals surface area contributed by atoms with Gasteiger partial charge in [-0.25, -0.2) is 4.39 Å². The number of amides is 1. The van der Waals surface area contributed by atoms with Crippen molar-refractivity contribution in [3.05, 3.63) is 98.9 Å². The number of hydrogen-bond donors (Lipinski definition) is 1. The molecular formula is C22H13BrFNO3. The van der Waals surface area contributed by atoms with Gasteiger partial charge in [0.15, 0.2) is 0 Å². The first-order valence-electron chi connectivity index (χ1n) is 8.41. The van der Waals surface area contributed by atoms with E-state index in [1.807, 2.05) is 0 Å². The number of halogens is 2. The van der Waals surface area contributed by atoms with Crippen LogP contribution in [0.5, 0.6) is 0 Å². The lowest BCUT2D eigenvalue weighted by molar-refractivity contribution is 0.102. The number of carbonyl (C=O) groups excluding carboxylic acids is 1. The summed E-state index contributed by atoms with van der Waals surface area (Å²) >= 11 is 3.37.